The van der Waals surface area contributed by atoms with Crippen LogP contribution in [-0.2, 0) is 9.53 Å². The van der Waals surface area contributed by atoms with E-state index in [2.05, 4.69) is 0 Å². The summed E-state index contributed by atoms with van der Waals surface area (Å²) in [5.74, 6) is -0.686. The van der Waals surface area contributed by atoms with E-state index >= 15 is 0 Å². The van der Waals surface area contributed by atoms with E-state index in [0.29, 0.717) is 19.6 Å². The van der Waals surface area contributed by atoms with Crippen molar-refractivity contribution in [3.05, 3.63) is 0 Å². The lowest BCUT2D eigenvalue weighted by Gasteiger charge is -2.21. The van der Waals surface area contributed by atoms with Gasteiger partial charge in [0.2, 0.25) is 0 Å². The summed E-state index contributed by atoms with van der Waals surface area (Å²) >= 11 is 0. The van der Waals surface area contributed by atoms with E-state index in [0.717, 1.165) is 6.42 Å². The fourth-order valence-electron chi connectivity index (χ4n) is 1.56. The zero-order valence-corrected chi connectivity index (χ0v) is 9.10. The van der Waals surface area contributed by atoms with Gasteiger partial charge >= 0.3 is 12.1 Å². The molecule has 1 fully saturated rings. The van der Waals surface area contributed by atoms with E-state index in [1.54, 1.807) is 0 Å². The Labute approximate surface area is 89.0 Å². The van der Waals surface area contributed by atoms with Gasteiger partial charge in [-0.05, 0) is 18.8 Å². The number of aliphatic carboxylic acids is 1. The summed E-state index contributed by atoms with van der Waals surface area (Å²) in [6.07, 6.45) is 0.744. The van der Waals surface area contributed by atoms with Crippen LogP contribution in [0.1, 0.15) is 26.7 Å². The third-order valence-electron chi connectivity index (χ3n) is 2.31. The number of ether oxygens (including phenoxy) is 1. The first kappa shape index (κ1) is 11.8. The summed E-state index contributed by atoms with van der Waals surface area (Å²) in [6, 6.07) is -0.704. The largest absolute Gasteiger partial charge is 0.480 e. The van der Waals surface area contributed by atoms with Crippen LogP contribution in [0.15, 0.2) is 0 Å². The van der Waals surface area contributed by atoms with Crippen LogP contribution in [0.4, 0.5) is 4.79 Å². The molecule has 1 N–H and O–H groups in total. The van der Waals surface area contributed by atoms with Crippen LogP contribution in [0.3, 0.4) is 0 Å². The molecule has 1 amide bonds. The van der Waals surface area contributed by atoms with Gasteiger partial charge < -0.3 is 9.84 Å². The van der Waals surface area contributed by atoms with Crippen LogP contribution in [0.5, 0.6) is 0 Å². The highest BCUT2D eigenvalue weighted by Crippen LogP contribution is 2.18. The number of rotatable bonds is 3. The molecule has 5 nitrogen and oxygen atoms in total. The van der Waals surface area contributed by atoms with Crippen LogP contribution in [0.2, 0.25) is 0 Å². The highest BCUT2D eigenvalue weighted by atomic mass is 16.6. The molecule has 86 valence electrons. The lowest BCUT2D eigenvalue weighted by molar-refractivity contribution is -0.141. The van der Waals surface area contributed by atoms with Gasteiger partial charge in [0.1, 0.15) is 6.04 Å². The molecule has 0 radical (unpaired) electrons. The molecule has 0 spiro atoms. The van der Waals surface area contributed by atoms with Crippen LogP contribution in [0, 0.1) is 5.92 Å². The second kappa shape index (κ2) is 5.00. The van der Waals surface area contributed by atoms with Crippen molar-refractivity contribution in [2.45, 2.75) is 32.7 Å². The quantitative estimate of drug-likeness (QED) is 0.771. The Kier molecular flexibility index (Phi) is 3.94. The maximum Gasteiger partial charge on any atom is 0.410 e. The second-order valence-corrected chi connectivity index (χ2v) is 4.16. The van der Waals surface area contributed by atoms with E-state index in [1.807, 2.05) is 13.8 Å². The predicted molar refractivity (Wildman–Crippen MR) is 53.5 cm³/mol. The first-order valence-electron chi connectivity index (χ1n) is 5.18. The molecule has 0 aromatic carbocycles. The molecule has 15 heavy (non-hydrogen) atoms. The Hall–Kier alpha value is -1.26. The van der Waals surface area contributed by atoms with E-state index < -0.39 is 18.1 Å². The van der Waals surface area contributed by atoms with Crippen molar-refractivity contribution in [3.8, 4) is 0 Å². The minimum absolute atomic E-state index is 0.264. The molecule has 1 aliphatic heterocycles. The van der Waals surface area contributed by atoms with Crippen LogP contribution in [0.25, 0.3) is 0 Å². The normalized spacial score (nSPS) is 20.7. The molecule has 1 saturated heterocycles. The number of amides is 1. The van der Waals surface area contributed by atoms with Gasteiger partial charge in [-0.2, -0.15) is 0 Å². The standard InChI is InChI=1S/C10H17NO4/c1-7(2)6-15-10(14)11-5-3-4-8(11)9(12)13/h7-8H,3-6H2,1-2H3,(H,12,13)/t8-/m1/s1. The van der Waals surface area contributed by atoms with Crippen molar-refractivity contribution < 1.29 is 19.4 Å². The maximum atomic E-state index is 11.5. The lowest BCUT2D eigenvalue weighted by atomic mass is 10.2. The van der Waals surface area contributed by atoms with Crippen molar-refractivity contribution >= 4 is 12.1 Å². The first-order chi connectivity index (χ1) is 7.02. The van der Waals surface area contributed by atoms with E-state index in [4.69, 9.17) is 9.84 Å². The molecule has 1 rings (SSSR count). The smallest absolute Gasteiger partial charge is 0.410 e. The van der Waals surface area contributed by atoms with Gasteiger partial charge in [0.15, 0.2) is 0 Å². The number of carboxylic acids is 1. The number of carbonyl (C=O) groups is 2. The van der Waals surface area contributed by atoms with Crippen LogP contribution in [-0.4, -0.2) is 41.3 Å². The fourth-order valence-corrected chi connectivity index (χ4v) is 1.56. The highest BCUT2D eigenvalue weighted by molar-refractivity contribution is 5.80. The van der Waals surface area contributed by atoms with Crippen molar-refractivity contribution in [2.24, 2.45) is 5.92 Å². The van der Waals surface area contributed by atoms with E-state index in [1.165, 1.54) is 4.90 Å². The van der Waals surface area contributed by atoms with Crippen LogP contribution < -0.4 is 0 Å². The zero-order chi connectivity index (χ0) is 11.4. The summed E-state index contributed by atoms with van der Waals surface area (Å²) in [7, 11) is 0. The third kappa shape index (κ3) is 3.11. The molecule has 0 unspecified atom stereocenters. The fraction of sp³-hybridized carbons (Fsp3) is 0.800. The van der Waals surface area contributed by atoms with Gasteiger partial charge in [-0.3, -0.25) is 4.90 Å². The average Bonchev–Trinajstić information content (AvgIpc) is 2.62. The zero-order valence-electron chi connectivity index (χ0n) is 9.10. The number of hydrogen-bond donors (Lipinski definition) is 1. The molecule has 1 atom stereocenters. The molecular weight excluding hydrogens is 198 g/mol. The summed E-state index contributed by atoms with van der Waals surface area (Å²) in [6.45, 7) is 4.69. The van der Waals surface area contributed by atoms with Gasteiger partial charge in [0.05, 0.1) is 6.61 Å². The molecule has 0 saturated carbocycles. The summed E-state index contributed by atoms with van der Waals surface area (Å²) < 4.78 is 4.99. The Bertz CT molecular complexity index is 252. The van der Waals surface area contributed by atoms with Crippen LogP contribution >= 0.6 is 0 Å². The molecule has 1 aliphatic rings. The Morgan fingerprint density at radius 3 is 2.73 bits per heavy atom. The summed E-state index contributed by atoms with van der Waals surface area (Å²) in [5, 5.41) is 8.86. The van der Waals surface area contributed by atoms with Gasteiger partial charge in [-0.15, -0.1) is 0 Å². The summed E-state index contributed by atoms with van der Waals surface area (Å²) in [5.41, 5.74) is 0. The van der Waals surface area contributed by atoms with Gasteiger partial charge in [0, 0.05) is 6.54 Å². The van der Waals surface area contributed by atoms with Gasteiger partial charge in [-0.25, -0.2) is 9.59 Å². The molecule has 0 aromatic rings. The molecule has 0 bridgehead atoms. The number of carboxylic acid groups (broad SMARTS) is 1. The first-order valence-corrected chi connectivity index (χ1v) is 5.18. The van der Waals surface area contributed by atoms with E-state index in [9.17, 15) is 9.59 Å². The Balaban J connectivity index is 2.47. The monoisotopic (exact) mass is 215 g/mol. The number of carbonyl (C=O) groups excluding carboxylic acids is 1. The number of nitrogens with zero attached hydrogens (tertiary/aromatic N) is 1. The third-order valence-corrected chi connectivity index (χ3v) is 2.31. The highest BCUT2D eigenvalue weighted by Gasteiger charge is 2.34. The maximum absolute atomic E-state index is 11.5. The Morgan fingerprint density at radius 2 is 2.20 bits per heavy atom. The van der Waals surface area contributed by atoms with Crippen molar-refractivity contribution in [2.75, 3.05) is 13.2 Å². The predicted octanol–water partition coefficient (Wildman–Crippen LogP) is 1.33. The SMILES string of the molecule is CC(C)COC(=O)N1CCC[C@@H]1C(=O)O. The van der Waals surface area contributed by atoms with Gasteiger partial charge in [-0.1, -0.05) is 13.8 Å². The number of hydrogen-bond acceptors (Lipinski definition) is 3. The topological polar surface area (TPSA) is 66.8 Å². The van der Waals surface area contributed by atoms with Crippen molar-refractivity contribution in [1.29, 1.82) is 0 Å². The molecule has 0 aliphatic carbocycles. The van der Waals surface area contributed by atoms with Crippen molar-refractivity contribution in [1.82, 2.24) is 4.90 Å². The minimum atomic E-state index is -0.950. The molecule has 0 aromatic heterocycles. The van der Waals surface area contributed by atoms with Crippen molar-refractivity contribution in [3.63, 3.8) is 0 Å². The Morgan fingerprint density at radius 1 is 1.53 bits per heavy atom. The molecule has 1 heterocycles. The van der Waals surface area contributed by atoms with Gasteiger partial charge in [0.25, 0.3) is 0 Å². The number of likely N-dealkylation sites (tertiary alicyclic amines) is 1. The average molecular weight is 215 g/mol. The molecule has 5 heteroatoms. The summed E-state index contributed by atoms with van der Waals surface area (Å²) in [4.78, 5) is 23.6. The second-order valence-electron chi connectivity index (χ2n) is 4.16. The van der Waals surface area contributed by atoms with E-state index in [-0.39, 0.29) is 5.92 Å². The molecular formula is C10H17NO4. The lowest BCUT2D eigenvalue weighted by Crippen LogP contribution is -2.41. The minimum Gasteiger partial charge on any atom is -0.480 e.